The molecule has 1 aromatic heterocycles. The highest BCUT2D eigenvalue weighted by molar-refractivity contribution is 7.98. The lowest BCUT2D eigenvalue weighted by Gasteiger charge is -2.25. The number of H-pyrrole nitrogens is 1. The number of phenolic OH excluding ortho intramolecular Hbond substituents is 1. The molecule has 0 saturated heterocycles. The summed E-state index contributed by atoms with van der Waals surface area (Å²) >= 11 is 1.49. The molecule has 0 aliphatic heterocycles. The Labute approximate surface area is 237 Å². The Morgan fingerprint density at radius 1 is 0.950 bits per heavy atom. The first-order chi connectivity index (χ1) is 19.1. The first kappa shape index (κ1) is 32.6. The molecule has 0 spiro atoms. The fourth-order valence-corrected chi connectivity index (χ4v) is 4.33. The molecule has 0 fully saturated rings. The number of benzene rings is 1. The van der Waals surface area contributed by atoms with Gasteiger partial charge >= 0.3 is 5.97 Å². The molecule has 4 unspecified atom stereocenters. The molecule has 2 aromatic rings. The molecule has 4 atom stereocenters. The smallest absolute Gasteiger partial charge is 0.326 e. The van der Waals surface area contributed by atoms with Crippen molar-refractivity contribution < 1.29 is 29.4 Å². The molecule has 0 aliphatic carbocycles. The van der Waals surface area contributed by atoms with Gasteiger partial charge in [-0.2, -0.15) is 11.8 Å². The SMILES string of the molecule is CSCCC(NC(=O)C(N)CCCCN)C(=O)NC(Cc1cnc[nH]1)C(=O)NC(Cc1ccc(O)cc1)C(=O)O. The number of nitrogens with two attached hydrogens (primary N) is 2. The average molecular weight is 578 g/mol. The summed E-state index contributed by atoms with van der Waals surface area (Å²) in [5, 5.41) is 27.1. The number of hydrogen-bond acceptors (Lipinski definition) is 9. The number of aromatic hydroxyl groups is 1. The molecular formula is C26H39N7O6S. The minimum atomic E-state index is -1.29. The molecule has 1 aromatic carbocycles. The van der Waals surface area contributed by atoms with Crippen LogP contribution in [0.5, 0.6) is 5.75 Å². The summed E-state index contributed by atoms with van der Waals surface area (Å²) < 4.78 is 0. The summed E-state index contributed by atoms with van der Waals surface area (Å²) in [6, 6.07) is 1.73. The molecule has 13 nitrogen and oxygen atoms in total. The number of aromatic amines is 1. The maximum atomic E-state index is 13.3. The van der Waals surface area contributed by atoms with Crippen LogP contribution in [0.25, 0.3) is 0 Å². The van der Waals surface area contributed by atoms with Crippen LogP contribution in [0.2, 0.25) is 0 Å². The number of carbonyl (C=O) groups excluding carboxylic acids is 3. The van der Waals surface area contributed by atoms with Crippen molar-refractivity contribution in [2.24, 2.45) is 11.5 Å². The van der Waals surface area contributed by atoms with Gasteiger partial charge in [-0.15, -0.1) is 0 Å². The second-order valence-electron chi connectivity index (χ2n) is 9.35. The fraction of sp³-hybridized carbons (Fsp3) is 0.500. The van der Waals surface area contributed by atoms with Crippen molar-refractivity contribution in [1.82, 2.24) is 25.9 Å². The van der Waals surface area contributed by atoms with Gasteiger partial charge in [0.25, 0.3) is 0 Å². The van der Waals surface area contributed by atoms with E-state index in [9.17, 15) is 29.4 Å². The molecule has 0 aliphatic rings. The van der Waals surface area contributed by atoms with Gasteiger partial charge in [0.2, 0.25) is 17.7 Å². The number of aliphatic carboxylic acids is 1. The van der Waals surface area contributed by atoms with Crippen LogP contribution < -0.4 is 27.4 Å². The first-order valence-electron chi connectivity index (χ1n) is 13.0. The van der Waals surface area contributed by atoms with Gasteiger partial charge in [-0.05, 0) is 55.5 Å². The van der Waals surface area contributed by atoms with E-state index in [1.807, 2.05) is 6.26 Å². The quantitative estimate of drug-likeness (QED) is 0.107. The fourth-order valence-electron chi connectivity index (χ4n) is 3.86. The predicted octanol–water partition coefficient (Wildman–Crippen LogP) is -0.351. The number of imidazole rings is 1. The van der Waals surface area contributed by atoms with Crippen LogP contribution >= 0.6 is 11.8 Å². The van der Waals surface area contributed by atoms with Crippen LogP contribution in [0, 0.1) is 0 Å². The Hall–Kier alpha value is -3.62. The third kappa shape index (κ3) is 11.2. The number of unbranched alkanes of at least 4 members (excludes halogenated alkanes) is 1. The van der Waals surface area contributed by atoms with E-state index in [4.69, 9.17) is 11.5 Å². The van der Waals surface area contributed by atoms with Gasteiger partial charge < -0.3 is 42.6 Å². The normalized spacial score (nSPS) is 14.0. The van der Waals surface area contributed by atoms with Crippen LogP contribution in [0.3, 0.4) is 0 Å². The minimum absolute atomic E-state index is 0.00488. The molecule has 0 saturated carbocycles. The number of carbonyl (C=O) groups is 4. The molecule has 220 valence electrons. The third-order valence-corrected chi connectivity index (χ3v) is 6.80. The first-order valence-corrected chi connectivity index (χ1v) is 14.4. The highest BCUT2D eigenvalue weighted by atomic mass is 32.2. The van der Waals surface area contributed by atoms with Crippen molar-refractivity contribution >= 4 is 35.5 Å². The van der Waals surface area contributed by atoms with E-state index in [1.54, 1.807) is 12.1 Å². The third-order valence-electron chi connectivity index (χ3n) is 6.15. The number of carboxylic acid groups (broad SMARTS) is 1. The van der Waals surface area contributed by atoms with Gasteiger partial charge in [0.15, 0.2) is 0 Å². The number of phenols is 1. The van der Waals surface area contributed by atoms with Crippen LogP contribution in [0.15, 0.2) is 36.8 Å². The van der Waals surface area contributed by atoms with Crippen molar-refractivity contribution in [3.8, 4) is 5.75 Å². The highest BCUT2D eigenvalue weighted by Crippen LogP contribution is 2.12. The van der Waals surface area contributed by atoms with Gasteiger partial charge in [-0.3, -0.25) is 14.4 Å². The summed E-state index contributed by atoms with van der Waals surface area (Å²) in [6.45, 7) is 0.491. The van der Waals surface area contributed by atoms with Crippen LogP contribution in [-0.4, -0.2) is 86.6 Å². The zero-order valence-electron chi connectivity index (χ0n) is 22.5. The standard InChI is InChI=1S/C26H39N7O6S/c1-40-11-9-20(31-23(35)19(28)4-2-3-10-27)24(36)32-21(13-17-14-29-15-30-17)25(37)33-22(26(38)39)12-16-5-7-18(34)8-6-16/h5-8,14-15,19-22,34H,2-4,9-13,27-28H2,1H3,(H,29,30)(H,31,35)(H,32,36)(H,33,37)(H,38,39). The highest BCUT2D eigenvalue weighted by Gasteiger charge is 2.30. The summed E-state index contributed by atoms with van der Waals surface area (Å²) in [7, 11) is 0. The second kappa shape index (κ2) is 17.2. The van der Waals surface area contributed by atoms with E-state index in [0.29, 0.717) is 42.8 Å². The van der Waals surface area contributed by atoms with E-state index < -0.39 is 47.9 Å². The van der Waals surface area contributed by atoms with E-state index in [-0.39, 0.29) is 18.6 Å². The summed E-state index contributed by atoms with van der Waals surface area (Å²) in [5.41, 5.74) is 12.6. The lowest BCUT2D eigenvalue weighted by molar-refractivity contribution is -0.142. The Kier molecular flexibility index (Phi) is 14.0. The van der Waals surface area contributed by atoms with Gasteiger partial charge in [0.05, 0.1) is 12.4 Å². The molecule has 40 heavy (non-hydrogen) atoms. The zero-order chi connectivity index (χ0) is 29.5. The summed E-state index contributed by atoms with van der Waals surface area (Å²) in [5.74, 6) is -2.47. The molecule has 0 radical (unpaired) electrons. The van der Waals surface area contributed by atoms with Gasteiger partial charge in [-0.1, -0.05) is 18.6 Å². The Balaban J connectivity index is 2.16. The van der Waals surface area contributed by atoms with E-state index in [1.165, 1.54) is 36.4 Å². The molecule has 10 N–H and O–H groups in total. The molecular weight excluding hydrogens is 538 g/mol. The molecule has 14 heteroatoms. The molecule has 0 bridgehead atoms. The maximum Gasteiger partial charge on any atom is 0.326 e. The van der Waals surface area contributed by atoms with Crippen LogP contribution in [-0.2, 0) is 32.0 Å². The number of aromatic nitrogens is 2. The molecule has 1 heterocycles. The van der Waals surface area contributed by atoms with Gasteiger partial charge in [-0.25, -0.2) is 9.78 Å². The number of rotatable bonds is 18. The largest absolute Gasteiger partial charge is 0.508 e. The topological polar surface area (TPSA) is 226 Å². The monoisotopic (exact) mass is 577 g/mol. The molecule has 3 amide bonds. The molecule has 2 rings (SSSR count). The van der Waals surface area contributed by atoms with Crippen molar-refractivity contribution in [3.63, 3.8) is 0 Å². The number of hydrogen-bond donors (Lipinski definition) is 8. The Morgan fingerprint density at radius 3 is 2.20 bits per heavy atom. The van der Waals surface area contributed by atoms with Crippen molar-refractivity contribution in [3.05, 3.63) is 48.0 Å². The second-order valence-corrected chi connectivity index (χ2v) is 10.3. The number of nitrogens with zero attached hydrogens (tertiary/aromatic N) is 1. The van der Waals surface area contributed by atoms with Gasteiger partial charge in [0, 0.05) is 24.7 Å². The number of amides is 3. The van der Waals surface area contributed by atoms with E-state index in [0.717, 1.165) is 6.42 Å². The van der Waals surface area contributed by atoms with Crippen LogP contribution in [0.4, 0.5) is 0 Å². The minimum Gasteiger partial charge on any atom is -0.508 e. The number of thioether (sulfide) groups is 1. The van der Waals surface area contributed by atoms with Crippen molar-refractivity contribution in [1.29, 1.82) is 0 Å². The maximum absolute atomic E-state index is 13.3. The predicted molar refractivity (Wildman–Crippen MR) is 151 cm³/mol. The van der Waals surface area contributed by atoms with E-state index >= 15 is 0 Å². The van der Waals surface area contributed by atoms with E-state index in [2.05, 4.69) is 25.9 Å². The summed E-state index contributed by atoms with van der Waals surface area (Å²) in [6.07, 6.45) is 6.86. The van der Waals surface area contributed by atoms with Crippen molar-refractivity contribution in [2.45, 2.75) is 62.7 Å². The van der Waals surface area contributed by atoms with Crippen molar-refractivity contribution in [2.75, 3.05) is 18.6 Å². The Bertz CT molecular complexity index is 1080. The van der Waals surface area contributed by atoms with Crippen LogP contribution in [0.1, 0.15) is 36.9 Å². The summed E-state index contributed by atoms with van der Waals surface area (Å²) in [4.78, 5) is 58.0. The van der Waals surface area contributed by atoms with Gasteiger partial charge in [0.1, 0.15) is 23.9 Å². The number of nitrogens with one attached hydrogen (secondary N) is 4. The zero-order valence-corrected chi connectivity index (χ0v) is 23.3. The lowest BCUT2D eigenvalue weighted by atomic mass is 10.0. The Morgan fingerprint density at radius 2 is 1.60 bits per heavy atom. The number of carboxylic acids is 1. The average Bonchev–Trinajstić information content (AvgIpc) is 3.44. The lowest BCUT2D eigenvalue weighted by Crippen LogP contribution is -2.58.